The number of nitrogens with one attached hydrogen (secondary N) is 1. The monoisotopic (exact) mass is 201 g/mol. The molecule has 1 rings (SSSR count). The second kappa shape index (κ2) is 4.28. The number of anilines is 1. The highest BCUT2D eigenvalue weighted by Gasteiger charge is 2.12. The van der Waals surface area contributed by atoms with Gasteiger partial charge in [0.15, 0.2) is 0 Å². The molecule has 1 unspecified atom stereocenters. The van der Waals surface area contributed by atoms with E-state index in [1.54, 1.807) is 23.9 Å². The lowest BCUT2D eigenvalue weighted by Gasteiger charge is -2.08. The summed E-state index contributed by atoms with van der Waals surface area (Å²) in [6.45, 7) is 1.77. The van der Waals surface area contributed by atoms with Crippen LogP contribution in [0.5, 0.6) is 0 Å². The average Bonchev–Trinajstić information content (AvgIpc) is 2.50. The van der Waals surface area contributed by atoms with Crippen molar-refractivity contribution in [2.45, 2.75) is 6.92 Å². The van der Waals surface area contributed by atoms with Gasteiger partial charge >= 0.3 is 0 Å². The minimum absolute atomic E-state index is 0.107. The van der Waals surface area contributed by atoms with Crippen molar-refractivity contribution in [3.63, 3.8) is 0 Å². The number of amides is 1. The van der Waals surface area contributed by atoms with Gasteiger partial charge in [0, 0.05) is 31.2 Å². The maximum Gasteiger partial charge on any atom is 0.230 e. The Kier molecular flexibility index (Phi) is 3.31. The Morgan fingerprint density at radius 1 is 1.85 bits per heavy atom. The molecule has 5 heteroatoms. The minimum atomic E-state index is -0.196. The molecule has 0 saturated heterocycles. The molecule has 0 aliphatic rings. The molecule has 0 fully saturated rings. The van der Waals surface area contributed by atoms with Gasteiger partial charge in [-0.05, 0) is 0 Å². The van der Waals surface area contributed by atoms with E-state index in [2.05, 4.69) is 10.3 Å². The number of carbonyl (C=O) groups is 1. The maximum absolute atomic E-state index is 11.3. The van der Waals surface area contributed by atoms with E-state index in [9.17, 15) is 4.79 Å². The number of aromatic nitrogens is 2. The van der Waals surface area contributed by atoms with Crippen LogP contribution in [0.1, 0.15) is 6.92 Å². The average molecular weight is 202 g/mol. The molecular formula is C8H12ClN3O. The quantitative estimate of drug-likeness (QED) is 0.748. The third-order valence-corrected chi connectivity index (χ3v) is 2.20. The Balaban J connectivity index is 2.60. The lowest BCUT2D eigenvalue weighted by Crippen LogP contribution is -2.23. The van der Waals surface area contributed by atoms with Crippen molar-refractivity contribution < 1.29 is 4.79 Å². The van der Waals surface area contributed by atoms with E-state index in [-0.39, 0.29) is 11.8 Å². The molecule has 1 aromatic rings. The predicted molar refractivity (Wildman–Crippen MR) is 51.7 cm³/mol. The molecule has 0 saturated carbocycles. The topological polar surface area (TPSA) is 46.9 Å². The van der Waals surface area contributed by atoms with Gasteiger partial charge < -0.3 is 4.57 Å². The zero-order chi connectivity index (χ0) is 9.84. The van der Waals surface area contributed by atoms with Gasteiger partial charge in [-0.2, -0.15) is 0 Å². The summed E-state index contributed by atoms with van der Waals surface area (Å²) in [4.78, 5) is 15.3. The van der Waals surface area contributed by atoms with Crippen molar-refractivity contribution in [3.8, 4) is 0 Å². The van der Waals surface area contributed by atoms with Gasteiger partial charge in [-0.1, -0.05) is 6.92 Å². The van der Waals surface area contributed by atoms with Gasteiger partial charge in [-0.3, -0.25) is 10.1 Å². The first-order valence-corrected chi connectivity index (χ1v) is 4.52. The summed E-state index contributed by atoms with van der Waals surface area (Å²) < 4.78 is 1.73. The predicted octanol–water partition coefficient (Wildman–Crippen LogP) is 1.23. The summed E-state index contributed by atoms with van der Waals surface area (Å²) >= 11 is 5.54. The van der Waals surface area contributed by atoms with Crippen LogP contribution in [0.4, 0.5) is 5.95 Å². The highest BCUT2D eigenvalue weighted by Crippen LogP contribution is 2.05. The molecule has 0 aliphatic heterocycles. The second-order valence-electron chi connectivity index (χ2n) is 2.91. The number of aryl methyl sites for hydroxylation is 1. The summed E-state index contributed by atoms with van der Waals surface area (Å²) in [6, 6.07) is 0. The smallest absolute Gasteiger partial charge is 0.230 e. The zero-order valence-electron chi connectivity index (χ0n) is 7.62. The molecule has 1 heterocycles. The van der Waals surface area contributed by atoms with Gasteiger partial charge in [0.1, 0.15) is 0 Å². The first-order valence-electron chi connectivity index (χ1n) is 3.99. The highest BCUT2D eigenvalue weighted by atomic mass is 35.5. The Morgan fingerprint density at radius 2 is 2.54 bits per heavy atom. The van der Waals surface area contributed by atoms with Gasteiger partial charge in [-0.25, -0.2) is 4.98 Å². The Labute approximate surface area is 81.9 Å². The molecule has 4 nitrogen and oxygen atoms in total. The van der Waals surface area contributed by atoms with Gasteiger partial charge in [0.05, 0.1) is 0 Å². The van der Waals surface area contributed by atoms with E-state index < -0.39 is 0 Å². The van der Waals surface area contributed by atoms with Crippen molar-refractivity contribution in [1.82, 2.24) is 9.55 Å². The Morgan fingerprint density at radius 3 is 3.00 bits per heavy atom. The van der Waals surface area contributed by atoms with Crippen molar-refractivity contribution >= 4 is 23.5 Å². The van der Waals surface area contributed by atoms with Crippen LogP contribution in [-0.2, 0) is 11.8 Å². The molecule has 0 spiro atoms. The highest BCUT2D eigenvalue weighted by molar-refractivity contribution is 6.19. The third-order valence-electron chi connectivity index (χ3n) is 1.74. The van der Waals surface area contributed by atoms with Crippen LogP contribution in [0.3, 0.4) is 0 Å². The van der Waals surface area contributed by atoms with Crippen LogP contribution in [-0.4, -0.2) is 21.3 Å². The van der Waals surface area contributed by atoms with Gasteiger partial charge in [0.2, 0.25) is 11.9 Å². The number of hydrogen-bond acceptors (Lipinski definition) is 2. The van der Waals surface area contributed by atoms with Crippen molar-refractivity contribution in [1.29, 1.82) is 0 Å². The van der Waals surface area contributed by atoms with E-state index in [0.29, 0.717) is 11.8 Å². The number of halogens is 1. The summed E-state index contributed by atoms with van der Waals surface area (Å²) in [5.41, 5.74) is 0. The lowest BCUT2D eigenvalue weighted by atomic mass is 10.2. The van der Waals surface area contributed by atoms with E-state index in [0.717, 1.165) is 0 Å². The molecule has 0 aromatic carbocycles. The molecule has 13 heavy (non-hydrogen) atoms. The van der Waals surface area contributed by atoms with Crippen molar-refractivity contribution in [3.05, 3.63) is 12.4 Å². The van der Waals surface area contributed by atoms with Crippen LogP contribution >= 0.6 is 11.6 Å². The van der Waals surface area contributed by atoms with Crippen LogP contribution in [0.2, 0.25) is 0 Å². The van der Waals surface area contributed by atoms with Gasteiger partial charge in [-0.15, -0.1) is 11.6 Å². The van der Waals surface area contributed by atoms with Crippen LogP contribution in [0.25, 0.3) is 0 Å². The largest absolute Gasteiger partial charge is 0.320 e. The fourth-order valence-electron chi connectivity index (χ4n) is 0.790. The van der Waals surface area contributed by atoms with Crippen LogP contribution in [0.15, 0.2) is 12.4 Å². The molecule has 1 N–H and O–H groups in total. The minimum Gasteiger partial charge on any atom is -0.320 e. The number of nitrogens with zero attached hydrogens (tertiary/aromatic N) is 2. The zero-order valence-corrected chi connectivity index (χ0v) is 8.38. The normalized spacial score (nSPS) is 12.5. The number of hydrogen-bond donors (Lipinski definition) is 1. The molecule has 0 radical (unpaired) electrons. The Hall–Kier alpha value is -1.03. The number of carbonyl (C=O) groups excluding carboxylic acids is 1. The first kappa shape index (κ1) is 10.1. The maximum atomic E-state index is 11.3. The molecule has 72 valence electrons. The molecule has 1 aromatic heterocycles. The van der Waals surface area contributed by atoms with E-state index >= 15 is 0 Å². The number of alkyl halides is 1. The van der Waals surface area contributed by atoms with Crippen LogP contribution in [0, 0.1) is 5.92 Å². The molecule has 1 amide bonds. The standard InChI is InChI=1S/C8H12ClN3O/c1-6(5-9)7(13)11-8-10-3-4-12(8)2/h3-4,6H,5H2,1-2H3,(H,10,11,13). The van der Waals surface area contributed by atoms with E-state index in [1.165, 1.54) is 0 Å². The van der Waals surface area contributed by atoms with Crippen molar-refractivity contribution in [2.24, 2.45) is 13.0 Å². The fraction of sp³-hybridized carbons (Fsp3) is 0.500. The third kappa shape index (κ3) is 2.45. The summed E-state index contributed by atoms with van der Waals surface area (Å²) in [5.74, 6) is 0.556. The lowest BCUT2D eigenvalue weighted by molar-refractivity contribution is -0.118. The van der Waals surface area contributed by atoms with Crippen molar-refractivity contribution in [2.75, 3.05) is 11.2 Å². The summed E-state index contributed by atoms with van der Waals surface area (Å²) in [6.07, 6.45) is 3.39. The SMILES string of the molecule is CC(CCl)C(=O)Nc1nccn1C. The number of rotatable bonds is 3. The molecular weight excluding hydrogens is 190 g/mol. The Bertz CT molecular complexity index is 297. The van der Waals surface area contributed by atoms with Crippen LogP contribution < -0.4 is 5.32 Å². The van der Waals surface area contributed by atoms with Gasteiger partial charge in [0.25, 0.3) is 0 Å². The second-order valence-corrected chi connectivity index (χ2v) is 3.21. The molecule has 0 aliphatic carbocycles. The number of imidazole rings is 1. The first-order chi connectivity index (χ1) is 6.15. The van der Waals surface area contributed by atoms with E-state index in [1.807, 2.05) is 7.05 Å². The molecule has 0 bridgehead atoms. The summed E-state index contributed by atoms with van der Waals surface area (Å²) in [5, 5.41) is 2.67. The van der Waals surface area contributed by atoms with E-state index in [4.69, 9.17) is 11.6 Å². The fourth-order valence-corrected chi connectivity index (χ4v) is 0.930. The summed E-state index contributed by atoms with van der Waals surface area (Å²) in [7, 11) is 1.81. The molecule has 1 atom stereocenters.